The Bertz CT molecular complexity index is 307. The number of rotatable bonds is 5. The van der Waals surface area contributed by atoms with Crippen molar-refractivity contribution in [3.63, 3.8) is 0 Å². The molecule has 0 aliphatic rings. The predicted molar refractivity (Wildman–Crippen MR) is 46.2 cm³/mol. The molecule has 0 amide bonds. The standard InChI is InChI=1S/C8H10N4O2/c1(8-11-5-12-14-8)2-9-3-7-4-10-6-13-7/h4-6,9H,1-3H2. The average molecular weight is 194 g/mol. The summed E-state index contributed by atoms with van der Waals surface area (Å²) in [5, 5.41) is 6.67. The Morgan fingerprint density at radius 2 is 2.43 bits per heavy atom. The van der Waals surface area contributed by atoms with E-state index >= 15 is 0 Å². The van der Waals surface area contributed by atoms with Crippen LogP contribution in [-0.4, -0.2) is 21.7 Å². The fourth-order valence-electron chi connectivity index (χ4n) is 1.04. The highest BCUT2D eigenvalue weighted by molar-refractivity contribution is 4.87. The maximum Gasteiger partial charge on any atom is 0.227 e. The number of nitrogens with zero attached hydrogens (tertiary/aromatic N) is 3. The average Bonchev–Trinajstić information content (AvgIpc) is 2.86. The van der Waals surface area contributed by atoms with Crippen LogP contribution in [0.25, 0.3) is 0 Å². The lowest BCUT2D eigenvalue weighted by Crippen LogP contribution is -2.16. The van der Waals surface area contributed by atoms with E-state index in [1.54, 1.807) is 6.20 Å². The van der Waals surface area contributed by atoms with Crippen molar-refractivity contribution in [3.05, 3.63) is 30.6 Å². The molecule has 6 heteroatoms. The normalized spacial score (nSPS) is 10.6. The third kappa shape index (κ3) is 2.40. The lowest BCUT2D eigenvalue weighted by Gasteiger charge is -1.98. The van der Waals surface area contributed by atoms with Crippen molar-refractivity contribution >= 4 is 0 Å². The fourth-order valence-corrected chi connectivity index (χ4v) is 1.04. The molecule has 0 spiro atoms. The van der Waals surface area contributed by atoms with Crippen molar-refractivity contribution in [1.29, 1.82) is 0 Å². The van der Waals surface area contributed by atoms with Gasteiger partial charge >= 0.3 is 0 Å². The Morgan fingerprint density at radius 3 is 3.14 bits per heavy atom. The molecule has 14 heavy (non-hydrogen) atoms. The van der Waals surface area contributed by atoms with E-state index in [2.05, 4.69) is 20.4 Å². The first-order valence-electron chi connectivity index (χ1n) is 4.29. The Hall–Kier alpha value is -1.69. The molecule has 0 saturated heterocycles. The number of nitrogens with one attached hydrogen (secondary N) is 1. The van der Waals surface area contributed by atoms with Gasteiger partial charge in [0.15, 0.2) is 12.7 Å². The minimum Gasteiger partial charge on any atom is -0.447 e. The molecule has 0 atom stereocenters. The monoisotopic (exact) mass is 194 g/mol. The molecule has 0 fully saturated rings. The van der Waals surface area contributed by atoms with Crippen LogP contribution in [0.3, 0.4) is 0 Å². The lowest BCUT2D eigenvalue weighted by atomic mass is 10.4. The first kappa shape index (κ1) is 8.89. The van der Waals surface area contributed by atoms with Gasteiger partial charge in [0.1, 0.15) is 5.76 Å². The molecule has 0 unspecified atom stereocenters. The van der Waals surface area contributed by atoms with Gasteiger partial charge in [0.25, 0.3) is 0 Å². The van der Waals surface area contributed by atoms with Gasteiger partial charge in [-0.3, -0.25) is 0 Å². The molecule has 2 aromatic heterocycles. The van der Waals surface area contributed by atoms with Gasteiger partial charge in [-0.25, -0.2) is 4.98 Å². The Kier molecular flexibility index (Phi) is 2.87. The van der Waals surface area contributed by atoms with Crippen molar-refractivity contribution < 1.29 is 8.94 Å². The smallest absolute Gasteiger partial charge is 0.227 e. The highest BCUT2D eigenvalue weighted by Gasteiger charge is 1.99. The second kappa shape index (κ2) is 4.52. The summed E-state index contributed by atoms with van der Waals surface area (Å²) in [6.07, 6.45) is 5.20. The summed E-state index contributed by atoms with van der Waals surface area (Å²) >= 11 is 0. The van der Waals surface area contributed by atoms with Gasteiger partial charge in [0.05, 0.1) is 12.7 Å². The zero-order valence-electron chi connectivity index (χ0n) is 7.51. The van der Waals surface area contributed by atoms with Crippen LogP contribution in [0.2, 0.25) is 0 Å². The molecule has 0 bridgehead atoms. The van der Waals surface area contributed by atoms with Crippen molar-refractivity contribution in [2.75, 3.05) is 6.54 Å². The van der Waals surface area contributed by atoms with Crippen LogP contribution >= 0.6 is 0 Å². The largest absolute Gasteiger partial charge is 0.447 e. The summed E-state index contributed by atoms with van der Waals surface area (Å²) in [5.41, 5.74) is 0. The molecule has 6 nitrogen and oxygen atoms in total. The third-order valence-electron chi connectivity index (χ3n) is 1.71. The van der Waals surface area contributed by atoms with Gasteiger partial charge < -0.3 is 14.3 Å². The van der Waals surface area contributed by atoms with Gasteiger partial charge in [-0.05, 0) is 0 Å². The van der Waals surface area contributed by atoms with Gasteiger partial charge in [-0.15, -0.1) is 0 Å². The molecular weight excluding hydrogens is 184 g/mol. The first-order chi connectivity index (χ1) is 6.95. The molecule has 2 heterocycles. The van der Waals surface area contributed by atoms with E-state index in [4.69, 9.17) is 8.94 Å². The minimum absolute atomic E-state index is 0.634. The van der Waals surface area contributed by atoms with Gasteiger partial charge in [0, 0.05) is 13.0 Å². The molecule has 0 radical (unpaired) electrons. The Morgan fingerprint density at radius 1 is 1.43 bits per heavy atom. The SMILES string of the molecule is c1noc(CCNCc2cnco2)n1. The van der Waals surface area contributed by atoms with E-state index in [0.717, 1.165) is 12.3 Å². The molecule has 1 N–H and O–H groups in total. The van der Waals surface area contributed by atoms with Crippen LogP contribution in [0.4, 0.5) is 0 Å². The van der Waals surface area contributed by atoms with E-state index < -0.39 is 0 Å². The van der Waals surface area contributed by atoms with Crippen molar-refractivity contribution in [1.82, 2.24) is 20.4 Å². The summed E-state index contributed by atoms with van der Waals surface area (Å²) in [6, 6.07) is 0. The molecular formula is C8H10N4O2. The van der Waals surface area contributed by atoms with E-state index in [-0.39, 0.29) is 0 Å². The molecule has 0 saturated carbocycles. The number of oxazole rings is 1. The molecule has 2 rings (SSSR count). The van der Waals surface area contributed by atoms with Crippen LogP contribution in [0, 0.1) is 0 Å². The number of hydrogen-bond acceptors (Lipinski definition) is 6. The van der Waals surface area contributed by atoms with Crippen LogP contribution in [0.1, 0.15) is 11.7 Å². The predicted octanol–water partition coefficient (Wildman–Crippen LogP) is 0.390. The molecule has 2 aromatic rings. The van der Waals surface area contributed by atoms with Gasteiger partial charge in [-0.1, -0.05) is 5.16 Å². The Balaban J connectivity index is 1.65. The first-order valence-corrected chi connectivity index (χ1v) is 4.29. The maximum absolute atomic E-state index is 5.05. The van der Waals surface area contributed by atoms with E-state index in [9.17, 15) is 0 Å². The van der Waals surface area contributed by atoms with E-state index in [0.29, 0.717) is 18.9 Å². The lowest BCUT2D eigenvalue weighted by molar-refractivity contribution is 0.373. The maximum atomic E-state index is 5.05. The highest BCUT2D eigenvalue weighted by Crippen LogP contribution is 1.95. The van der Waals surface area contributed by atoms with E-state index in [1.165, 1.54) is 12.7 Å². The second-order valence-electron chi connectivity index (χ2n) is 2.73. The number of hydrogen-bond donors (Lipinski definition) is 1. The highest BCUT2D eigenvalue weighted by atomic mass is 16.5. The summed E-state index contributed by atoms with van der Waals surface area (Å²) in [5.74, 6) is 1.45. The van der Waals surface area contributed by atoms with Crippen molar-refractivity contribution in [2.45, 2.75) is 13.0 Å². The number of aromatic nitrogens is 3. The van der Waals surface area contributed by atoms with Gasteiger partial charge in [-0.2, -0.15) is 4.98 Å². The summed E-state index contributed by atoms with van der Waals surface area (Å²) in [6.45, 7) is 1.43. The molecule has 0 aromatic carbocycles. The van der Waals surface area contributed by atoms with Crippen LogP contribution in [-0.2, 0) is 13.0 Å². The van der Waals surface area contributed by atoms with Gasteiger partial charge in [0.2, 0.25) is 5.89 Å². The second-order valence-corrected chi connectivity index (χ2v) is 2.73. The summed E-state index contributed by atoms with van der Waals surface area (Å²) in [4.78, 5) is 7.70. The summed E-state index contributed by atoms with van der Waals surface area (Å²) in [7, 11) is 0. The topological polar surface area (TPSA) is 77.0 Å². The van der Waals surface area contributed by atoms with Crippen molar-refractivity contribution in [2.24, 2.45) is 0 Å². The molecule has 74 valence electrons. The Labute approximate surface area is 80.3 Å². The van der Waals surface area contributed by atoms with E-state index in [1.807, 2.05) is 0 Å². The fraction of sp³-hybridized carbons (Fsp3) is 0.375. The van der Waals surface area contributed by atoms with Crippen LogP contribution in [0.15, 0.2) is 27.9 Å². The van der Waals surface area contributed by atoms with Crippen molar-refractivity contribution in [3.8, 4) is 0 Å². The quantitative estimate of drug-likeness (QED) is 0.694. The minimum atomic E-state index is 0.634. The molecule has 0 aliphatic carbocycles. The summed E-state index contributed by atoms with van der Waals surface area (Å²) < 4.78 is 9.88. The third-order valence-corrected chi connectivity index (χ3v) is 1.71. The molecule has 0 aliphatic heterocycles. The zero-order chi connectivity index (χ0) is 9.64. The van der Waals surface area contributed by atoms with Crippen LogP contribution < -0.4 is 5.32 Å². The van der Waals surface area contributed by atoms with Crippen LogP contribution in [0.5, 0.6) is 0 Å². The zero-order valence-corrected chi connectivity index (χ0v) is 7.51.